The molecule has 1 aliphatic rings. The summed E-state index contributed by atoms with van der Waals surface area (Å²) in [4.78, 5) is 17.2. The fourth-order valence-electron chi connectivity index (χ4n) is 4.83. The molecule has 0 bridgehead atoms. The SMILES string of the molecule is COc1ccc(CNc2ncccc2C(=O)Cc2[nH]nc3c2CN(S(=O)(=O)c2cc(F)cc(F)c2)C3(C)C)cc1. The summed E-state index contributed by atoms with van der Waals surface area (Å²) in [5.41, 5.74) is 1.67. The summed E-state index contributed by atoms with van der Waals surface area (Å²) >= 11 is 0. The number of Topliss-reactive ketones (excluding diaryl/α,β-unsaturated/α-hetero) is 1. The number of ketones is 1. The number of hydrogen-bond acceptors (Lipinski definition) is 7. The summed E-state index contributed by atoms with van der Waals surface area (Å²) in [6.07, 6.45) is 1.51. The number of nitrogens with zero attached hydrogens (tertiary/aromatic N) is 3. The van der Waals surface area contributed by atoms with Crippen molar-refractivity contribution in [2.45, 2.75) is 43.8 Å². The number of fused-ring (bicyclic) bond motifs is 1. The van der Waals surface area contributed by atoms with Crippen molar-refractivity contribution in [2.75, 3.05) is 12.4 Å². The number of carbonyl (C=O) groups is 1. The minimum Gasteiger partial charge on any atom is -0.497 e. The maximum absolute atomic E-state index is 13.8. The summed E-state index contributed by atoms with van der Waals surface area (Å²) < 4.78 is 60.8. The Labute approximate surface area is 230 Å². The first-order valence-corrected chi connectivity index (χ1v) is 13.8. The van der Waals surface area contributed by atoms with Crippen molar-refractivity contribution in [1.82, 2.24) is 19.5 Å². The zero-order valence-corrected chi connectivity index (χ0v) is 22.9. The van der Waals surface area contributed by atoms with E-state index < -0.39 is 32.1 Å². The summed E-state index contributed by atoms with van der Waals surface area (Å²) in [7, 11) is -2.69. The van der Waals surface area contributed by atoms with Crippen LogP contribution in [0.2, 0.25) is 0 Å². The molecule has 0 radical (unpaired) electrons. The van der Waals surface area contributed by atoms with E-state index in [0.29, 0.717) is 40.9 Å². The lowest BCUT2D eigenvalue weighted by Gasteiger charge is -2.30. The van der Waals surface area contributed by atoms with Crippen LogP contribution in [0.1, 0.15) is 46.7 Å². The van der Waals surface area contributed by atoms with E-state index in [-0.39, 0.29) is 18.7 Å². The van der Waals surface area contributed by atoms with Crippen LogP contribution in [0.5, 0.6) is 5.75 Å². The molecule has 3 heterocycles. The van der Waals surface area contributed by atoms with Gasteiger partial charge in [0.15, 0.2) is 5.78 Å². The fraction of sp³-hybridized carbons (Fsp3) is 0.250. The number of H-pyrrole nitrogens is 1. The van der Waals surface area contributed by atoms with E-state index in [1.54, 1.807) is 39.3 Å². The van der Waals surface area contributed by atoms with Gasteiger partial charge >= 0.3 is 0 Å². The Morgan fingerprint density at radius 1 is 1.12 bits per heavy atom. The summed E-state index contributed by atoms with van der Waals surface area (Å²) in [6, 6.07) is 13.0. The van der Waals surface area contributed by atoms with Gasteiger partial charge in [-0.1, -0.05) is 12.1 Å². The number of anilines is 1. The highest BCUT2D eigenvalue weighted by atomic mass is 32.2. The maximum Gasteiger partial charge on any atom is 0.244 e. The molecule has 0 unspecified atom stereocenters. The Hall–Kier alpha value is -4.16. The number of pyridine rings is 1. The number of nitrogens with one attached hydrogen (secondary N) is 2. The van der Waals surface area contributed by atoms with Crippen LogP contribution in [0.4, 0.5) is 14.6 Å². The fourth-order valence-corrected chi connectivity index (χ4v) is 6.59. The molecule has 0 spiro atoms. The molecule has 0 saturated heterocycles. The third kappa shape index (κ3) is 5.07. The van der Waals surface area contributed by atoms with Crippen molar-refractivity contribution in [2.24, 2.45) is 0 Å². The molecule has 0 atom stereocenters. The number of ether oxygens (including phenoxy) is 1. The summed E-state index contributed by atoms with van der Waals surface area (Å²) in [5, 5.41) is 10.4. The second kappa shape index (κ2) is 10.4. The average Bonchev–Trinajstić information content (AvgIpc) is 3.45. The van der Waals surface area contributed by atoms with Gasteiger partial charge in [-0.2, -0.15) is 9.40 Å². The Balaban J connectivity index is 1.36. The molecule has 0 aliphatic carbocycles. The van der Waals surface area contributed by atoms with E-state index in [0.717, 1.165) is 27.8 Å². The van der Waals surface area contributed by atoms with E-state index >= 15 is 0 Å². The number of halogens is 2. The molecule has 1 aliphatic heterocycles. The van der Waals surface area contributed by atoms with Gasteiger partial charge in [-0.05, 0) is 55.8 Å². The number of hydrogen-bond donors (Lipinski definition) is 2. The largest absolute Gasteiger partial charge is 0.497 e. The number of rotatable bonds is 9. The van der Waals surface area contributed by atoms with Gasteiger partial charge in [-0.15, -0.1) is 0 Å². The molecular formula is C28H27F2N5O4S. The van der Waals surface area contributed by atoms with Gasteiger partial charge in [0, 0.05) is 36.6 Å². The molecular weight excluding hydrogens is 540 g/mol. The number of aromatic nitrogens is 3. The van der Waals surface area contributed by atoms with Gasteiger partial charge in [-0.25, -0.2) is 22.2 Å². The van der Waals surface area contributed by atoms with Crippen LogP contribution >= 0.6 is 0 Å². The molecule has 0 fully saturated rings. The molecule has 0 saturated carbocycles. The Morgan fingerprint density at radius 2 is 1.82 bits per heavy atom. The minimum atomic E-state index is -4.28. The van der Waals surface area contributed by atoms with Crippen molar-refractivity contribution < 1.29 is 26.7 Å². The zero-order valence-electron chi connectivity index (χ0n) is 22.0. The van der Waals surface area contributed by atoms with Crippen LogP contribution in [-0.4, -0.2) is 40.8 Å². The van der Waals surface area contributed by atoms with Gasteiger partial charge in [0.25, 0.3) is 0 Å². The lowest BCUT2D eigenvalue weighted by Crippen LogP contribution is -2.40. The number of benzene rings is 2. The molecule has 208 valence electrons. The third-order valence-electron chi connectivity index (χ3n) is 6.95. The first-order chi connectivity index (χ1) is 19.0. The smallest absolute Gasteiger partial charge is 0.244 e. The van der Waals surface area contributed by atoms with Crippen molar-refractivity contribution >= 4 is 21.6 Å². The molecule has 2 aromatic heterocycles. The second-order valence-electron chi connectivity index (χ2n) is 9.91. The molecule has 9 nitrogen and oxygen atoms in total. The minimum absolute atomic E-state index is 0.0796. The highest BCUT2D eigenvalue weighted by Gasteiger charge is 2.48. The number of carbonyl (C=O) groups excluding carboxylic acids is 1. The van der Waals surface area contributed by atoms with Gasteiger partial charge in [0.1, 0.15) is 23.2 Å². The number of sulfonamides is 1. The molecule has 2 N–H and O–H groups in total. The van der Waals surface area contributed by atoms with E-state index in [4.69, 9.17) is 4.74 Å². The standard InChI is InChI=1S/C28H27F2N5O4S/c1-28(2)26-23(16-35(28)40(37,38)21-12-18(29)11-19(30)13-21)24(33-34-26)14-25(36)22-5-4-10-31-27(22)32-15-17-6-8-20(39-3)9-7-17/h4-13H,14-16H2,1-3H3,(H,31,32)(H,33,34). The van der Waals surface area contributed by atoms with Crippen LogP contribution in [0.3, 0.4) is 0 Å². The average molecular weight is 568 g/mol. The number of methoxy groups -OCH3 is 1. The van der Waals surface area contributed by atoms with Crippen molar-refractivity contribution in [1.29, 1.82) is 0 Å². The lowest BCUT2D eigenvalue weighted by atomic mass is 9.99. The summed E-state index contributed by atoms with van der Waals surface area (Å²) in [6.45, 7) is 3.63. The lowest BCUT2D eigenvalue weighted by molar-refractivity contribution is 0.0992. The summed E-state index contributed by atoms with van der Waals surface area (Å²) in [5.74, 6) is -1.08. The van der Waals surface area contributed by atoms with Crippen molar-refractivity contribution in [3.05, 3.63) is 101 Å². The topological polar surface area (TPSA) is 117 Å². The first kappa shape index (κ1) is 27.4. The monoisotopic (exact) mass is 567 g/mol. The first-order valence-electron chi connectivity index (χ1n) is 12.4. The second-order valence-corrected chi connectivity index (χ2v) is 11.8. The van der Waals surface area contributed by atoms with E-state index in [1.165, 1.54) is 0 Å². The van der Waals surface area contributed by atoms with Crippen LogP contribution < -0.4 is 10.1 Å². The van der Waals surface area contributed by atoms with Crippen LogP contribution in [-0.2, 0) is 35.1 Å². The van der Waals surface area contributed by atoms with E-state index in [2.05, 4.69) is 20.5 Å². The van der Waals surface area contributed by atoms with Gasteiger partial charge in [0.2, 0.25) is 10.0 Å². The highest BCUT2D eigenvalue weighted by Crippen LogP contribution is 2.42. The van der Waals surface area contributed by atoms with Gasteiger partial charge in [0.05, 0.1) is 35.2 Å². The predicted molar refractivity (Wildman–Crippen MR) is 143 cm³/mol. The molecule has 40 heavy (non-hydrogen) atoms. The van der Waals surface area contributed by atoms with E-state index in [1.807, 2.05) is 24.3 Å². The van der Waals surface area contributed by atoms with Crippen molar-refractivity contribution in [3.63, 3.8) is 0 Å². The Kier molecular flexibility index (Phi) is 7.15. The third-order valence-corrected chi connectivity index (χ3v) is 8.94. The quantitative estimate of drug-likeness (QED) is 0.285. The van der Waals surface area contributed by atoms with Gasteiger partial charge in [-0.3, -0.25) is 9.89 Å². The van der Waals surface area contributed by atoms with Crippen LogP contribution in [0.15, 0.2) is 65.7 Å². The molecule has 2 aromatic carbocycles. The molecule has 4 aromatic rings. The molecule has 5 rings (SSSR count). The van der Waals surface area contributed by atoms with Crippen LogP contribution in [0, 0.1) is 11.6 Å². The Bertz CT molecular complexity index is 1670. The highest BCUT2D eigenvalue weighted by molar-refractivity contribution is 7.89. The zero-order chi connectivity index (χ0) is 28.7. The van der Waals surface area contributed by atoms with Crippen molar-refractivity contribution in [3.8, 4) is 5.75 Å². The molecule has 12 heteroatoms. The normalized spacial score (nSPS) is 14.6. The van der Waals surface area contributed by atoms with Gasteiger partial charge < -0.3 is 10.1 Å². The molecule has 0 amide bonds. The Morgan fingerprint density at radius 3 is 2.50 bits per heavy atom. The predicted octanol–water partition coefficient (Wildman–Crippen LogP) is 4.57. The van der Waals surface area contributed by atoms with Crippen LogP contribution in [0.25, 0.3) is 0 Å². The number of aromatic amines is 1. The maximum atomic E-state index is 13.8. The van der Waals surface area contributed by atoms with E-state index in [9.17, 15) is 22.0 Å².